The molecular weight excluding hydrogens is 202 g/mol. The summed E-state index contributed by atoms with van der Waals surface area (Å²) < 4.78 is 5.13. The summed E-state index contributed by atoms with van der Waals surface area (Å²) in [5.41, 5.74) is 1.62. The second-order valence-corrected chi connectivity index (χ2v) is 4.94. The van der Waals surface area contributed by atoms with E-state index in [-0.39, 0.29) is 0 Å². The Morgan fingerprint density at radius 1 is 1.56 bits per heavy atom. The molecule has 0 spiro atoms. The minimum absolute atomic E-state index is 0.456. The van der Waals surface area contributed by atoms with Gasteiger partial charge in [-0.25, -0.2) is 4.98 Å². The fraction of sp³-hybridized carbons (Fsp3) is 0.667. The molecule has 0 saturated carbocycles. The number of nitrogens with one attached hydrogen (secondary N) is 1. The summed E-state index contributed by atoms with van der Waals surface area (Å²) in [6.45, 7) is 7.26. The summed E-state index contributed by atoms with van der Waals surface area (Å²) in [7, 11) is 0. The summed E-state index contributed by atoms with van der Waals surface area (Å²) in [6, 6.07) is 2.31. The van der Waals surface area contributed by atoms with Gasteiger partial charge in [0.25, 0.3) is 0 Å². The van der Waals surface area contributed by atoms with Crippen LogP contribution in [0.3, 0.4) is 0 Å². The molecule has 0 aromatic carbocycles. The molecule has 0 aliphatic carbocycles. The zero-order chi connectivity index (χ0) is 11.8. The highest BCUT2D eigenvalue weighted by atomic mass is 16.5. The molecule has 0 unspecified atom stereocenters. The lowest BCUT2D eigenvalue weighted by Crippen LogP contribution is -2.46. The first-order valence-electron chi connectivity index (χ1n) is 5.62. The van der Waals surface area contributed by atoms with E-state index >= 15 is 0 Å². The molecule has 1 fully saturated rings. The van der Waals surface area contributed by atoms with Crippen LogP contribution >= 0.6 is 0 Å². The zero-order valence-electron chi connectivity index (χ0n) is 10.0. The fourth-order valence-electron chi connectivity index (χ4n) is 1.87. The van der Waals surface area contributed by atoms with E-state index in [4.69, 9.17) is 4.74 Å². The minimum Gasteiger partial charge on any atom is -0.377 e. The van der Waals surface area contributed by atoms with Crippen LogP contribution in [0.1, 0.15) is 31.1 Å². The van der Waals surface area contributed by atoms with Crippen LogP contribution in [0.2, 0.25) is 0 Å². The second-order valence-electron chi connectivity index (χ2n) is 4.94. The summed E-state index contributed by atoms with van der Waals surface area (Å²) in [5.74, 6) is 1.35. The largest absolute Gasteiger partial charge is 0.377 e. The van der Waals surface area contributed by atoms with Gasteiger partial charge in [-0.1, -0.05) is 13.8 Å². The molecule has 1 N–H and O–H groups in total. The topological polar surface area (TPSA) is 61.7 Å². The third-order valence-corrected chi connectivity index (χ3v) is 2.95. The summed E-state index contributed by atoms with van der Waals surface area (Å²) in [4.78, 5) is 7.79. The molecule has 4 heteroatoms. The van der Waals surface area contributed by atoms with Crippen molar-refractivity contribution in [2.45, 2.75) is 32.6 Å². The van der Waals surface area contributed by atoms with Crippen molar-refractivity contribution in [3.8, 4) is 6.07 Å². The van der Waals surface area contributed by atoms with Crippen LogP contribution in [0.25, 0.3) is 0 Å². The van der Waals surface area contributed by atoms with Crippen LogP contribution in [0, 0.1) is 24.2 Å². The van der Waals surface area contributed by atoms with Crippen LogP contribution < -0.4 is 0 Å². The molecular formula is C12H17N3O. The highest BCUT2D eigenvalue weighted by Crippen LogP contribution is 2.30. The lowest BCUT2D eigenvalue weighted by molar-refractivity contribution is -0.0336. The standard InChI is InChI=1S/C12H17N3O/c1-8(2)4-10-9(3)14-11(15-10)12(5-13)6-16-7-12/h8H,4,6-7H2,1-3H3,(H,14,15). The van der Waals surface area contributed by atoms with Gasteiger partial charge in [-0.2, -0.15) is 5.26 Å². The lowest BCUT2D eigenvalue weighted by Gasteiger charge is -2.32. The molecule has 0 bridgehead atoms. The molecule has 1 aromatic rings. The van der Waals surface area contributed by atoms with Crippen LogP contribution in [-0.2, 0) is 16.6 Å². The molecule has 1 aliphatic rings. The van der Waals surface area contributed by atoms with Gasteiger partial charge in [0.15, 0.2) is 5.41 Å². The molecule has 1 aromatic heterocycles. The average molecular weight is 219 g/mol. The van der Waals surface area contributed by atoms with E-state index in [1.807, 2.05) is 6.92 Å². The number of H-pyrrole nitrogens is 1. The molecule has 2 rings (SSSR count). The molecule has 0 radical (unpaired) electrons. The van der Waals surface area contributed by atoms with E-state index in [0.29, 0.717) is 19.1 Å². The van der Waals surface area contributed by atoms with Gasteiger partial charge in [0, 0.05) is 5.69 Å². The number of ether oxygens (including phenoxy) is 1. The average Bonchev–Trinajstić information content (AvgIpc) is 2.46. The Morgan fingerprint density at radius 2 is 2.25 bits per heavy atom. The number of hydrogen-bond acceptors (Lipinski definition) is 3. The first kappa shape index (κ1) is 11.2. The number of nitriles is 1. The maximum Gasteiger partial charge on any atom is 0.161 e. The van der Waals surface area contributed by atoms with Crippen molar-refractivity contribution < 1.29 is 4.74 Å². The van der Waals surface area contributed by atoms with Crippen molar-refractivity contribution in [1.29, 1.82) is 5.26 Å². The predicted octanol–water partition coefficient (Wildman–Crippen LogP) is 1.71. The molecule has 16 heavy (non-hydrogen) atoms. The maximum absolute atomic E-state index is 9.18. The smallest absolute Gasteiger partial charge is 0.161 e. The number of aromatic amines is 1. The van der Waals surface area contributed by atoms with Crippen molar-refractivity contribution in [1.82, 2.24) is 9.97 Å². The number of rotatable bonds is 3. The van der Waals surface area contributed by atoms with Crippen molar-refractivity contribution in [2.75, 3.05) is 13.2 Å². The lowest BCUT2D eigenvalue weighted by atomic mass is 9.87. The van der Waals surface area contributed by atoms with E-state index in [1.165, 1.54) is 0 Å². The number of nitrogens with zero attached hydrogens (tertiary/aromatic N) is 2. The molecule has 1 saturated heterocycles. The number of aromatic nitrogens is 2. The Kier molecular flexibility index (Phi) is 2.73. The SMILES string of the molecule is Cc1[nH]c(C2(C#N)COC2)nc1CC(C)C. The zero-order valence-corrected chi connectivity index (χ0v) is 10.0. The minimum atomic E-state index is -0.528. The van der Waals surface area contributed by atoms with Crippen molar-refractivity contribution in [3.05, 3.63) is 17.2 Å². The van der Waals surface area contributed by atoms with Crippen molar-refractivity contribution >= 4 is 0 Å². The highest BCUT2D eigenvalue weighted by Gasteiger charge is 2.44. The van der Waals surface area contributed by atoms with E-state index in [1.54, 1.807) is 0 Å². The third kappa shape index (κ3) is 1.72. The van der Waals surface area contributed by atoms with Gasteiger partial charge in [0.2, 0.25) is 0 Å². The van der Waals surface area contributed by atoms with Gasteiger partial charge in [-0.15, -0.1) is 0 Å². The summed E-state index contributed by atoms with van der Waals surface area (Å²) >= 11 is 0. The molecule has 4 nitrogen and oxygen atoms in total. The Morgan fingerprint density at radius 3 is 2.69 bits per heavy atom. The second kappa shape index (κ2) is 3.91. The highest BCUT2D eigenvalue weighted by molar-refractivity contribution is 5.28. The Balaban J connectivity index is 2.27. The van der Waals surface area contributed by atoms with Crippen molar-refractivity contribution in [2.24, 2.45) is 5.92 Å². The monoisotopic (exact) mass is 219 g/mol. The van der Waals surface area contributed by atoms with Crippen LogP contribution in [-0.4, -0.2) is 23.2 Å². The van der Waals surface area contributed by atoms with Crippen molar-refractivity contribution in [3.63, 3.8) is 0 Å². The third-order valence-electron chi connectivity index (χ3n) is 2.95. The Hall–Kier alpha value is -1.34. The van der Waals surface area contributed by atoms with E-state index < -0.39 is 5.41 Å². The first-order valence-corrected chi connectivity index (χ1v) is 5.62. The molecule has 2 heterocycles. The van der Waals surface area contributed by atoms with Crippen LogP contribution in [0.4, 0.5) is 0 Å². The predicted molar refractivity (Wildman–Crippen MR) is 60.0 cm³/mol. The first-order chi connectivity index (χ1) is 7.57. The van der Waals surface area contributed by atoms with E-state index in [0.717, 1.165) is 23.6 Å². The summed E-state index contributed by atoms with van der Waals surface area (Å²) in [6.07, 6.45) is 0.949. The molecule has 1 aliphatic heterocycles. The van der Waals surface area contributed by atoms with Gasteiger partial charge < -0.3 is 9.72 Å². The van der Waals surface area contributed by atoms with E-state index in [2.05, 4.69) is 29.9 Å². The van der Waals surface area contributed by atoms with Gasteiger partial charge in [0.1, 0.15) is 5.82 Å². The molecule has 86 valence electrons. The maximum atomic E-state index is 9.18. The van der Waals surface area contributed by atoms with Gasteiger partial charge in [0.05, 0.1) is 25.0 Å². The Bertz CT molecular complexity index is 424. The van der Waals surface area contributed by atoms with Gasteiger partial charge >= 0.3 is 0 Å². The quantitative estimate of drug-likeness (QED) is 0.841. The van der Waals surface area contributed by atoms with Crippen LogP contribution in [0.15, 0.2) is 0 Å². The molecule has 0 atom stereocenters. The van der Waals surface area contributed by atoms with Crippen LogP contribution in [0.5, 0.6) is 0 Å². The fourth-order valence-corrected chi connectivity index (χ4v) is 1.87. The van der Waals surface area contributed by atoms with Gasteiger partial charge in [-0.05, 0) is 19.3 Å². The Labute approximate surface area is 95.6 Å². The normalized spacial score (nSPS) is 18.2. The number of imidazole rings is 1. The summed E-state index contributed by atoms with van der Waals surface area (Å²) in [5, 5.41) is 9.18. The van der Waals surface area contributed by atoms with Gasteiger partial charge in [-0.3, -0.25) is 0 Å². The number of hydrogen-bond donors (Lipinski definition) is 1. The number of aryl methyl sites for hydroxylation is 1. The molecule has 0 amide bonds. The van der Waals surface area contributed by atoms with E-state index in [9.17, 15) is 5.26 Å².